The first-order valence-electron chi connectivity index (χ1n) is 20.8. The molecule has 1 unspecified atom stereocenters. The Bertz CT molecular complexity index is 2970. The molecule has 0 radical (unpaired) electrons. The van der Waals surface area contributed by atoms with Crippen molar-refractivity contribution >= 4 is 62.7 Å². The summed E-state index contributed by atoms with van der Waals surface area (Å²) in [7, 11) is 3.25. The molecule has 2 aliphatic rings. The fourth-order valence-corrected chi connectivity index (χ4v) is 7.97. The molecule has 4 aromatic carbocycles. The summed E-state index contributed by atoms with van der Waals surface area (Å²) in [6.45, 7) is 4.16. The van der Waals surface area contributed by atoms with E-state index in [1.165, 1.54) is 30.5 Å². The van der Waals surface area contributed by atoms with Crippen molar-refractivity contribution in [1.82, 2.24) is 24.8 Å². The number of amides is 5. The summed E-state index contributed by atoms with van der Waals surface area (Å²) in [5, 5.41) is 8.61. The van der Waals surface area contributed by atoms with Crippen molar-refractivity contribution in [2.75, 3.05) is 24.4 Å². The number of fused-ring (bicyclic) bond motifs is 3. The molecule has 1 saturated heterocycles. The van der Waals surface area contributed by atoms with Gasteiger partial charge in [0, 0.05) is 66.6 Å². The van der Waals surface area contributed by atoms with Crippen molar-refractivity contribution in [3.63, 3.8) is 0 Å². The third-order valence-corrected chi connectivity index (χ3v) is 11.5. The van der Waals surface area contributed by atoms with Gasteiger partial charge in [0.1, 0.15) is 17.9 Å². The van der Waals surface area contributed by atoms with Crippen molar-refractivity contribution in [2.24, 2.45) is 7.05 Å². The largest absolute Gasteiger partial charge is 0.493 e. The van der Waals surface area contributed by atoms with Crippen LogP contribution in [0.4, 0.5) is 15.8 Å². The highest BCUT2D eigenvalue weighted by Gasteiger charge is 2.39. The molecule has 2 aliphatic heterocycles. The Balaban J connectivity index is 0.859. The number of rotatable bonds is 14. The molecule has 2 aromatic heterocycles. The number of unbranched alkanes of at least 4 members (excludes halogenated alkanes) is 1. The number of pyridine rings is 1. The van der Waals surface area contributed by atoms with Crippen LogP contribution >= 0.6 is 0 Å². The van der Waals surface area contributed by atoms with Gasteiger partial charge in [-0.1, -0.05) is 19.1 Å². The van der Waals surface area contributed by atoms with E-state index < -0.39 is 29.1 Å². The number of hydrogen-bond acceptors (Lipinski definition) is 11. The van der Waals surface area contributed by atoms with E-state index in [-0.39, 0.29) is 73.0 Å². The summed E-state index contributed by atoms with van der Waals surface area (Å²) in [5.74, 6) is -2.28. The Morgan fingerprint density at radius 1 is 0.906 bits per heavy atom. The second-order valence-electron chi connectivity index (χ2n) is 15.6. The first kappa shape index (κ1) is 43.0. The zero-order valence-corrected chi connectivity index (χ0v) is 35.5. The minimum absolute atomic E-state index is 0.0344. The topological polar surface area (TPSA) is 200 Å². The van der Waals surface area contributed by atoms with Gasteiger partial charge in [-0.2, -0.15) is 0 Å². The smallest absolute Gasteiger partial charge is 0.261 e. The predicted octanol–water partition coefficient (Wildman–Crippen LogP) is 6.49. The van der Waals surface area contributed by atoms with Gasteiger partial charge in [0.05, 0.1) is 30.1 Å². The van der Waals surface area contributed by atoms with E-state index >= 15 is 4.39 Å². The van der Waals surface area contributed by atoms with Gasteiger partial charge in [0.25, 0.3) is 11.8 Å². The number of carbonyl (C=O) groups excluding carboxylic acids is 5. The number of imide groups is 1. The van der Waals surface area contributed by atoms with Crippen molar-refractivity contribution in [3.8, 4) is 23.1 Å². The highest BCUT2D eigenvalue weighted by Crippen LogP contribution is 2.37. The van der Waals surface area contributed by atoms with Crippen molar-refractivity contribution in [1.29, 1.82) is 0 Å². The van der Waals surface area contributed by atoms with Crippen LogP contribution in [0.25, 0.3) is 21.8 Å². The van der Waals surface area contributed by atoms with E-state index in [1.807, 2.05) is 19.1 Å². The molecule has 4 heterocycles. The summed E-state index contributed by atoms with van der Waals surface area (Å²) in [5.41, 5.74) is 3.85. The van der Waals surface area contributed by atoms with Gasteiger partial charge in [-0.3, -0.25) is 34.1 Å². The van der Waals surface area contributed by atoms with Gasteiger partial charge in [-0.25, -0.2) is 14.4 Å². The number of aryl methyl sites for hydroxylation is 2. The van der Waals surface area contributed by atoms with E-state index in [4.69, 9.17) is 14.2 Å². The maximum atomic E-state index is 15.5. The molecule has 0 spiro atoms. The highest BCUT2D eigenvalue weighted by molar-refractivity contribution is 6.07. The first-order chi connectivity index (χ1) is 30.8. The average Bonchev–Trinajstić information content (AvgIpc) is 3.60. The number of ether oxygens (including phenoxy) is 3. The maximum absolute atomic E-state index is 15.5. The summed E-state index contributed by atoms with van der Waals surface area (Å²) in [4.78, 5) is 86.9. The SMILES string of the molecule is CCc1ccc2c(c1)c(=O)c(C(=O)Nc1ccc(Oc3ncnc4cc(OCCCCC(=O)Nc5ccc6c(c5)C(=O)N(C5CCC(=O)NC5=O)C6)c(OC)cc34)c(F)c1)c(C)n2C. The van der Waals surface area contributed by atoms with E-state index in [0.717, 1.165) is 23.6 Å². The number of methoxy groups -OCH3 is 1. The second kappa shape index (κ2) is 18.0. The van der Waals surface area contributed by atoms with Crippen LogP contribution in [0.1, 0.15) is 76.6 Å². The lowest BCUT2D eigenvalue weighted by molar-refractivity contribution is -0.137. The predicted molar refractivity (Wildman–Crippen MR) is 234 cm³/mol. The minimum Gasteiger partial charge on any atom is -0.493 e. The molecule has 3 N–H and O–H groups in total. The fourth-order valence-electron chi connectivity index (χ4n) is 7.97. The number of piperidine rings is 1. The van der Waals surface area contributed by atoms with E-state index in [0.29, 0.717) is 63.1 Å². The number of anilines is 2. The van der Waals surface area contributed by atoms with Gasteiger partial charge < -0.3 is 34.3 Å². The van der Waals surface area contributed by atoms with Crippen LogP contribution in [0, 0.1) is 12.7 Å². The van der Waals surface area contributed by atoms with Gasteiger partial charge in [0.2, 0.25) is 29.0 Å². The zero-order chi connectivity index (χ0) is 45.2. The average molecular weight is 870 g/mol. The van der Waals surface area contributed by atoms with Crippen molar-refractivity contribution in [2.45, 2.75) is 65.0 Å². The number of nitrogens with one attached hydrogen (secondary N) is 3. The third-order valence-electron chi connectivity index (χ3n) is 11.5. The summed E-state index contributed by atoms with van der Waals surface area (Å²) >= 11 is 0. The second-order valence-corrected chi connectivity index (χ2v) is 15.6. The summed E-state index contributed by atoms with van der Waals surface area (Å²) in [6, 6.07) is 17.1. The Morgan fingerprint density at radius 2 is 1.70 bits per heavy atom. The van der Waals surface area contributed by atoms with Crippen LogP contribution < -0.4 is 35.6 Å². The van der Waals surface area contributed by atoms with Crippen LogP contribution in [0.15, 0.2) is 77.9 Å². The quantitative estimate of drug-likeness (QED) is 0.0798. The van der Waals surface area contributed by atoms with Gasteiger partial charge in [0.15, 0.2) is 23.1 Å². The Labute approximate surface area is 365 Å². The lowest BCUT2D eigenvalue weighted by Gasteiger charge is -2.29. The molecular formula is C47H44FN7O9. The molecular weight excluding hydrogens is 826 g/mol. The number of benzene rings is 4. The molecule has 6 aromatic rings. The minimum atomic E-state index is -0.790. The van der Waals surface area contributed by atoms with Crippen molar-refractivity contribution in [3.05, 3.63) is 117 Å². The lowest BCUT2D eigenvalue weighted by atomic mass is 10.0. The summed E-state index contributed by atoms with van der Waals surface area (Å²) in [6.07, 6.45) is 3.62. The fraction of sp³-hybridized carbons (Fsp3) is 0.277. The van der Waals surface area contributed by atoms with Crippen LogP contribution in [0.2, 0.25) is 0 Å². The van der Waals surface area contributed by atoms with E-state index in [2.05, 4.69) is 25.9 Å². The molecule has 17 heteroatoms. The molecule has 1 fully saturated rings. The Hall–Kier alpha value is -7.69. The third kappa shape index (κ3) is 8.56. The number of halogens is 1. The monoisotopic (exact) mass is 869 g/mol. The van der Waals surface area contributed by atoms with Crippen LogP contribution in [-0.4, -0.2) is 68.7 Å². The number of carbonyl (C=O) groups is 5. The highest BCUT2D eigenvalue weighted by atomic mass is 19.1. The van der Waals surface area contributed by atoms with Crippen LogP contribution in [0.3, 0.4) is 0 Å². The van der Waals surface area contributed by atoms with Crippen LogP contribution in [-0.2, 0) is 34.4 Å². The molecule has 5 amide bonds. The molecule has 16 nitrogen and oxygen atoms in total. The number of nitrogens with zero attached hydrogens (tertiary/aromatic N) is 4. The molecule has 0 saturated carbocycles. The molecule has 0 bridgehead atoms. The van der Waals surface area contributed by atoms with Gasteiger partial charge in [-0.05, 0) is 86.2 Å². The number of hydrogen-bond donors (Lipinski definition) is 3. The Morgan fingerprint density at radius 3 is 2.47 bits per heavy atom. The molecule has 1 atom stereocenters. The lowest BCUT2D eigenvalue weighted by Crippen LogP contribution is -2.52. The zero-order valence-electron chi connectivity index (χ0n) is 35.5. The van der Waals surface area contributed by atoms with E-state index in [1.54, 1.807) is 54.9 Å². The first-order valence-corrected chi connectivity index (χ1v) is 20.8. The Kier molecular flexibility index (Phi) is 12.1. The maximum Gasteiger partial charge on any atom is 0.261 e. The molecule has 328 valence electrons. The van der Waals surface area contributed by atoms with E-state index in [9.17, 15) is 28.8 Å². The van der Waals surface area contributed by atoms with Crippen LogP contribution in [0.5, 0.6) is 23.1 Å². The normalized spacial score (nSPS) is 14.7. The number of aromatic nitrogens is 3. The van der Waals surface area contributed by atoms with Gasteiger partial charge in [-0.15, -0.1) is 0 Å². The molecule has 0 aliphatic carbocycles. The molecule has 64 heavy (non-hydrogen) atoms. The summed E-state index contributed by atoms with van der Waals surface area (Å²) < 4.78 is 34.8. The van der Waals surface area contributed by atoms with Gasteiger partial charge >= 0.3 is 0 Å². The standard InChI is InChI=1S/C47H44FN7O9/c1-5-26-9-13-35-32(18-26)43(58)42(25(2)54(35)3)45(60)52-29-12-15-37(33(48)20-29)64-46-31-21-38(62-4)39(22-34(31)49-24-50-46)63-17-7-6-8-40(56)51-28-11-10-27-23-55(47(61)30(27)19-28)36-14-16-41(57)53-44(36)59/h9-13,15,18-22,24,36H,5-8,14,16-17,23H2,1-4H3,(H,51,56)(H,52,60)(H,53,57,59). The molecule has 8 rings (SSSR count). The van der Waals surface area contributed by atoms with Crippen molar-refractivity contribution < 1.29 is 42.6 Å².